The van der Waals surface area contributed by atoms with E-state index in [4.69, 9.17) is 4.74 Å². The summed E-state index contributed by atoms with van der Waals surface area (Å²) in [6.07, 6.45) is 11.1. The van der Waals surface area contributed by atoms with Crippen molar-refractivity contribution in [3.63, 3.8) is 0 Å². The number of nitrogens with zero attached hydrogens (tertiary/aromatic N) is 1. The molecular formula is C16H32N2O. The normalized spacial score (nSPS) is 27.3. The molecule has 1 N–H and O–H groups in total. The van der Waals surface area contributed by atoms with Crippen LogP contribution in [0.2, 0.25) is 0 Å². The zero-order valence-electron chi connectivity index (χ0n) is 12.7. The number of ether oxygens (including phenoxy) is 1. The van der Waals surface area contributed by atoms with Gasteiger partial charge in [-0.1, -0.05) is 19.8 Å². The molecule has 3 nitrogen and oxygen atoms in total. The Hall–Kier alpha value is -0.120. The van der Waals surface area contributed by atoms with Crippen molar-refractivity contribution in [2.45, 2.75) is 70.4 Å². The summed E-state index contributed by atoms with van der Waals surface area (Å²) in [5.41, 5.74) is 0. The smallest absolute Gasteiger partial charge is 0.0599 e. The summed E-state index contributed by atoms with van der Waals surface area (Å²) in [6.45, 7) is 8.12. The van der Waals surface area contributed by atoms with Crippen molar-refractivity contribution in [3.8, 4) is 0 Å². The zero-order valence-corrected chi connectivity index (χ0v) is 12.7. The molecular weight excluding hydrogens is 236 g/mol. The quantitative estimate of drug-likeness (QED) is 0.750. The third-order valence-corrected chi connectivity index (χ3v) is 4.70. The third-order valence-electron chi connectivity index (χ3n) is 4.70. The van der Waals surface area contributed by atoms with Crippen LogP contribution in [0.1, 0.15) is 58.3 Å². The Kier molecular flexibility index (Phi) is 7.18. The highest BCUT2D eigenvalue weighted by molar-refractivity contribution is 4.74. The van der Waals surface area contributed by atoms with Gasteiger partial charge in [0.1, 0.15) is 0 Å². The molecule has 0 radical (unpaired) electrons. The Balaban J connectivity index is 1.60. The largest absolute Gasteiger partial charge is 0.378 e. The average Bonchev–Trinajstić information content (AvgIpc) is 2.69. The van der Waals surface area contributed by atoms with Gasteiger partial charge in [0.15, 0.2) is 0 Å². The SMILES string of the molecule is CCC1CCCCCN1CCCOC1CCNCC1. The van der Waals surface area contributed by atoms with Crippen molar-refractivity contribution in [2.24, 2.45) is 0 Å². The first kappa shape index (κ1) is 15.3. The van der Waals surface area contributed by atoms with E-state index in [0.717, 1.165) is 25.7 Å². The molecule has 2 aliphatic rings. The van der Waals surface area contributed by atoms with Gasteiger partial charge in [0.05, 0.1) is 6.10 Å². The molecule has 0 spiro atoms. The standard InChI is InChI=1S/C16H32N2O/c1-2-15-7-4-3-5-12-18(15)13-6-14-19-16-8-10-17-11-9-16/h15-17H,2-14H2,1H3. The van der Waals surface area contributed by atoms with Crippen molar-refractivity contribution >= 4 is 0 Å². The summed E-state index contributed by atoms with van der Waals surface area (Å²) >= 11 is 0. The predicted octanol–water partition coefficient (Wildman–Crippen LogP) is 2.80. The van der Waals surface area contributed by atoms with Gasteiger partial charge in [-0.05, 0) is 58.2 Å². The van der Waals surface area contributed by atoms with Crippen LogP contribution in [0.3, 0.4) is 0 Å². The van der Waals surface area contributed by atoms with E-state index in [0.29, 0.717) is 6.10 Å². The van der Waals surface area contributed by atoms with E-state index in [1.807, 2.05) is 0 Å². The van der Waals surface area contributed by atoms with Crippen LogP contribution in [0.25, 0.3) is 0 Å². The van der Waals surface area contributed by atoms with Gasteiger partial charge in [-0.25, -0.2) is 0 Å². The number of hydrogen-bond donors (Lipinski definition) is 1. The van der Waals surface area contributed by atoms with E-state index in [2.05, 4.69) is 17.1 Å². The van der Waals surface area contributed by atoms with Crippen LogP contribution < -0.4 is 5.32 Å². The average molecular weight is 268 g/mol. The van der Waals surface area contributed by atoms with Crippen molar-refractivity contribution in [3.05, 3.63) is 0 Å². The van der Waals surface area contributed by atoms with E-state index < -0.39 is 0 Å². The lowest BCUT2D eigenvalue weighted by Gasteiger charge is -2.29. The fourth-order valence-corrected chi connectivity index (χ4v) is 3.47. The van der Waals surface area contributed by atoms with Crippen molar-refractivity contribution in [1.29, 1.82) is 0 Å². The van der Waals surface area contributed by atoms with Gasteiger partial charge < -0.3 is 15.0 Å². The lowest BCUT2D eigenvalue weighted by atomic mass is 10.1. The molecule has 0 aliphatic carbocycles. The summed E-state index contributed by atoms with van der Waals surface area (Å²) in [5, 5.41) is 3.39. The molecule has 2 aliphatic heterocycles. The predicted molar refractivity (Wildman–Crippen MR) is 80.6 cm³/mol. The molecule has 0 amide bonds. The van der Waals surface area contributed by atoms with E-state index in [1.54, 1.807) is 0 Å². The minimum absolute atomic E-state index is 0.521. The van der Waals surface area contributed by atoms with Crippen LogP contribution in [-0.2, 0) is 4.74 Å². The Morgan fingerprint density at radius 2 is 1.95 bits per heavy atom. The zero-order chi connectivity index (χ0) is 13.3. The fourth-order valence-electron chi connectivity index (χ4n) is 3.47. The van der Waals surface area contributed by atoms with Crippen LogP contribution in [0, 0.1) is 0 Å². The summed E-state index contributed by atoms with van der Waals surface area (Å²) in [5.74, 6) is 0. The van der Waals surface area contributed by atoms with E-state index >= 15 is 0 Å². The van der Waals surface area contributed by atoms with Crippen LogP contribution in [0.15, 0.2) is 0 Å². The monoisotopic (exact) mass is 268 g/mol. The van der Waals surface area contributed by atoms with Crippen molar-refractivity contribution in [2.75, 3.05) is 32.8 Å². The lowest BCUT2D eigenvalue weighted by Crippen LogP contribution is -2.36. The van der Waals surface area contributed by atoms with Crippen LogP contribution >= 0.6 is 0 Å². The summed E-state index contributed by atoms with van der Waals surface area (Å²) in [4.78, 5) is 2.72. The minimum atomic E-state index is 0.521. The molecule has 0 bridgehead atoms. The second-order valence-electron chi connectivity index (χ2n) is 6.12. The molecule has 112 valence electrons. The summed E-state index contributed by atoms with van der Waals surface area (Å²) in [7, 11) is 0. The van der Waals surface area contributed by atoms with Gasteiger partial charge in [-0.3, -0.25) is 0 Å². The van der Waals surface area contributed by atoms with E-state index in [-0.39, 0.29) is 0 Å². The van der Waals surface area contributed by atoms with Gasteiger partial charge in [0, 0.05) is 19.2 Å². The van der Waals surface area contributed by atoms with Gasteiger partial charge in [0.25, 0.3) is 0 Å². The number of piperidine rings is 1. The van der Waals surface area contributed by atoms with E-state index in [9.17, 15) is 0 Å². The molecule has 1 atom stereocenters. The minimum Gasteiger partial charge on any atom is -0.378 e. The maximum atomic E-state index is 6.01. The highest BCUT2D eigenvalue weighted by atomic mass is 16.5. The number of nitrogens with one attached hydrogen (secondary N) is 1. The van der Waals surface area contributed by atoms with Gasteiger partial charge in [-0.2, -0.15) is 0 Å². The van der Waals surface area contributed by atoms with Gasteiger partial charge >= 0.3 is 0 Å². The summed E-state index contributed by atoms with van der Waals surface area (Å²) < 4.78 is 6.01. The highest BCUT2D eigenvalue weighted by Gasteiger charge is 2.19. The molecule has 0 aromatic rings. The van der Waals surface area contributed by atoms with Crippen LogP contribution in [-0.4, -0.2) is 49.8 Å². The number of likely N-dealkylation sites (tertiary alicyclic amines) is 1. The molecule has 2 saturated heterocycles. The van der Waals surface area contributed by atoms with Gasteiger partial charge in [0.2, 0.25) is 0 Å². The molecule has 2 heterocycles. The van der Waals surface area contributed by atoms with Crippen LogP contribution in [0.5, 0.6) is 0 Å². The molecule has 2 rings (SSSR count). The maximum Gasteiger partial charge on any atom is 0.0599 e. The van der Waals surface area contributed by atoms with Crippen molar-refractivity contribution < 1.29 is 4.74 Å². The molecule has 0 aromatic heterocycles. The Morgan fingerprint density at radius 1 is 1.11 bits per heavy atom. The second kappa shape index (κ2) is 8.93. The van der Waals surface area contributed by atoms with E-state index in [1.165, 1.54) is 64.5 Å². The Labute approximate surface area is 119 Å². The highest BCUT2D eigenvalue weighted by Crippen LogP contribution is 2.19. The molecule has 1 unspecified atom stereocenters. The second-order valence-corrected chi connectivity index (χ2v) is 6.12. The maximum absolute atomic E-state index is 6.01. The third kappa shape index (κ3) is 5.41. The van der Waals surface area contributed by atoms with Gasteiger partial charge in [-0.15, -0.1) is 0 Å². The number of rotatable bonds is 6. The first-order valence-corrected chi connectivity index (χ1v) is 8.46. The Bertz CT molecular complexity index is 229. The van der Waals surface area contributed by atoms with Crippen LogP contribution in [0.4, 0.5) is 0 Å². The first-order valence-electron chi connectivity index (χ1n) is 8.46. The first-order chi connectivity index (χ1) is 9.40. The van der Waals surface area contributed by atoms with Crippen molar-refractivity contribution in [1.82, 2.24) is 10.2 Å². The molecule has 2 fully saturated rings. The molecule has 19 heavy (non-hydrogen) atoms. The molecule has 0 aromatic carbocycles. The number of hydrogen-bond acceptors (Lipinski definition) is 3. The molecule has 0 saturated carbocycles. The molecule has 3 heteroatoms. The Morgan fingerprint density at radius 3 is 2.74 bits per heavy atom. The fraction of sp³-hybridized carbons (Fsp3) is 1.00. The lowest BCUT2D eigenvalue weighted by molar-refractivity contribution is 0.0258. The summed E-state index contributed by atoms with van der Waals surface area (Å²) in [6, 6.07) is 0.835. The topological polar surface area (TPSA) is 24.5 Å².